The van der Waals surface area contributed by atoms with Crippen LogP contribution in [0.25, 0.3) is 0 Å². The lowest BCUT2D eigenvalue weighted by Gasteiger charge is -2.10. The molecule has 0 atom stereocenters. The highest BCUT2D eigenvalue weighted by atomic mass is 35.5. The van der Waals surface area contributed by atoms with Gasteiger partial charge in [-0.25, -0.2) is 0 Å². The van der Waals surface area contributed by atoms with Gasteiger partial charge in [0.15, 0.2) is 0 Å². The van der Waals surface area contributed by atoms with Crippen molar-refractivity contribution in [3.63, 3.8) is 0 Å². The van der Waals surface area contributed by atoms with Crippen molar-refractivity contribution < 1.29 is 4.74 Å². The summed E-state index contributed by atoms with van der Waals surface area (Å²) in [6, 6.07) is 26.3. The fraction of sp³-hybridized carbons (Fsp3) is 0.143. The summed E-state index contributed by atoms with van der Waals surface area (Å²) >= 11 is 6.01. The van der Waals surface area contributed by atoms with Gasteiger partial charge in [-0.15, -0.1) is 0 Å². The predicted octanol–water partition coefficient (Wildman–Crippen LogP) is 5.57. The normalized spacial score (nSPS) is 10.4. The van der Waals surface area contributed by atoms with Gasteiger partial charge in [-0.1, -0.05) is 60.1 Å². The molecule has 3 heteroatoms. The zero-order valence-electron chi connectivity index (χ0n) is 13.4. The maximum absolute atomic E-state index is 6.01. The van der Waals surface area contributed by atoms with Gasteiger partial charge < -0.3 is 10.1 Å². The van der Waals surface area contributed by atoms with Crippen molar-refractivity contribution in [3.05, 3.63) is 95.0 Å². The van der Waals surface area contributed by atoms with Gasteiger partial charge >= 0.3 is 0 Å². The summed E-state index contributed by atoms with van der Waals surface area (Å²) in [7, 11) is 0. The minimum absolute atomic E-state index is 0.668. The summed E-state index contributed by atoms with van der Waals surface area (Å²) in [5.74, 6) is 0.877. The van der Waals surface area contributed by atoms with E-state index in [0.29, 0.717) is 6.61 Å². The van der Waals surface area contributed by atoms with Crippen LogP contribution in [0, 0.1) is 0 Å². The van der Waals surface area contributed by atoms with Crippen LogP contribution in [0.2, 0.25) is 5.02 Å². The minimum atomic E-state index is 0.668. The standard InChI is InChI=1S/C21H20ClNO/c22-19-9-4-8-18(14-19)16-23-20-10-5-11-21(15-20)24-13-12-17-6-2-1-3-7-17/h1-11,14-15,23H,12-13,16H2. The third-order valence-electron chi connectivity index (χ3n) is 3.72. The minimum Gasteiger partial charge on any atom is -0.493 e. The van der Waals surface area contributed by atoms with Crippen LogP contribution in [0.4, 0.5) is 5.69 Å². The molecular formula is C21H20ClNO. The SMILES string of the molecule is Clc1cccc(CNc2cccc(OCCc3ccccc3)c2)c1. The van der Waals surface area contributed by atoms with Crippen LogP contribution in [0.15, 0.2) is 78.9 Å². The van der Waals surface area contributed by atoms with Gasteiger partial charge in [-0.05, 0) is 35.4 Å². The second-order valence-electron chi connectivity index (χ2n) is 5.60. The first-order valence-corrected chi connectivity index (χ1v) is 8.42. The van der Waals surface area contributed by atoms with Crippen LogP contribution in [-0.4, -0.2) is 6.61 Å². The fourth-order valence-electron chi connectivity index (χ4n) is 2.48. The topological polar surface area (TPSA) is 21.3 Å². The Kier molecular flexibility index (Phi) is 5.75. The molecule has 0 heterocycles. The number of benzene rings is 3. The van der Waals surface area contributed by atoms with Crippen LogP contribution < -0.4 is 10.1 Å². The van der Waals surface area contributed by atoms with Crippen molar-refractivity contribution in [2.45, 2.75) is 13.0 Å². The summed E-state index contributed by atoms with van der Waals surface area (Å²) in [5.41, 5.74) is 3.47. The van der Waals surface area contributed by atoms with E-state index in [4.69, 9.17) is 16.3 Å². The van der Waals surface area contributed by atoms with Crippen LogP contribution in [0.1, 0.15) is 11.1 Å². The lowest BCUT2D eigenvalue weighted by Crippen LogP contribution is -2.02. The molecule has 3 aromatic carbocycles. The van der Waals surface area contributed by atoms with E-state index in [0.717, 1.165) is 35.0 Å². The molecule has 0 fully saturated rings. The zero-order chi connectivity index (χ0) is 16.6. The van der Waals surface area contributed by atoms with E-state index in [1.807, 2.05) is 48.5 Å². The molecule has 0 amide bonds. The van der Waals surface area contributed by atoms with Gasteiger partial charge in [0.05, 0.1) is 6.61 Å². The molecule has 0 saturated heterocycles. The molecule has 2 nitrogen and oxygen atoms in total. The Bertz CT molecular complexity index is 774. The summed E-state index contributed by atoms with van der Waals surface area (Å²) in [6.45, 7) is 1.40. The van der Waals surface area contributed by atoms with Gasteiger partial charge in [0, 0.05) is 29.7 Å². The number of nitrogens with one attached hydrogen (secondary N) is 1. The lowest BCUT2D eigenvalue weighted by molar-refractivity contribution is 0.322. The number of halogens is 1. The third kappa shape index (κ3) is 5.04. The molecule has 1 N–H and O–H groups in total. The Morgan fingerprint density at radius 1 is 0.792 bits per heavy atom. The summed E-state index contributed by atoms with van der Waals surface area (Å²) in [5, 5.41) is 4.15. The van der Waals surface area contributed by atoms with Gasteiger partial charge in [0.2, 0.25) is 0 Å². The Hall–Kier alpha value is -2.45. The van der Waals surface area contributed by atoms with Gasteiger partial charge in [-0.3, -0.25) is 0 Å². The van der Waals surface area contributed by atoms with Crippen molar-refractivity contribution in [1.82, 2.24) is 0 Å². The van der Waals surface area contributed by atoms with Crippen LogP contribution >= 0.6 is 11.6 Å². The molecule has 3 rings (SSSR count). The number of anilines is 1. The highest BCUT2D eigenvalue weighted by Gasteiger charge is 1.99. The van der Waals surface area contributed by atoms with E-state index in [9.17, 15) is 0 Å². The zero-order valence-corrected chi connectivity index (χ0v) is 14.2. The van der Waals surface area contributed by atoms with E-state index in [1.165, 1.54) is 5.56 Å². The first-order valence-electron chi connectivity index (χ1n) is 8.05. The quantitative estimate of drug-likeness (QED) is 0.608. The van der Waals surface area contributed by atoms with Crippen molar-refractivity contribution in [2.75, 3.05) is 11.9 Å². The largest absolute Gasteiger partial charge is 0.493 e. The molecule has 122 valence electrons. The van der Waals surface area contributed by atoms with Gasteiger partial charge in [0.25, 0.3) is 0 Å². The first-order chi connectivity index (χ1) is 11.8. The first kappa shape index (κ1) is 16.4. The summed E-state index contributed by atoms with van der Waals surface area (Å²) < 4.78 is 5.86. The van der Waals surface area contributed by atoms with E-state index in [1.54, 1.807) is 0 Å². The Labute approximate surface area is 148 Å². The van der Waals surface area contributed by atoms with Crippen molar-refractivity contribution in [1.29, 1.82) is 0 Å². The molecule has 0 unspecified atom stereocenters. The third-order valence-corrected chi connectivity index (χ3v) is 3.96. The molecule has 0 spiro atoms. The fourth-order valence-corrected chi connectivity index (χ4v) is 2.69. The number of rotatable bonds is 7. The van der Waals surface area contributed by atoms with Crippen LogP contribution in [0.5, 0.6) is 5.75 Å². The molecule has 0 saturated carbocycles. The predicted molar refractivity (Wildman–Crippen MR) is 101 cm³/mol. The number of ether oxygens (including phenoxy) is 1. The van der Waals surface area contributed by atoms with E-state index in [-0.39, 0.29) is 0 Å². The van der Waals surface area contributed by atoms with E-state index in [2.05, 4.69) is 35.6 Å². The highest BCUT2D eigenvalue weighted by Crippen LogP contribution is 2.19. The number of hydrogen-bond acceptors (Lipinski definition) is 2. The molecule has 0 aliphatic carbocycles. The molecule has 0 aliphatic rings. The van der Waals surface area contributed by atoms with Gasteiger partial charge in [-0.2, -0.15) is 0 Å². The Balaban J connectivity index is 1.52. The molecule has 0 aromatic heterocycles. The van der Waals surface area contributed by atoms with E-state index >= 15 is 0 Å². The molecule has 0 radical (unpaired) electrons. The maximum Gasteiger partial charge on any atom is 0.121 e. The number of hydrogen-bond donors (Lipinski definition) is 1. The second-order valence-corrected chi connectivity index (χ2v) is 6.03. The van der Waals surface area contributed by atoms with Crippen molar-refractivity contribution in [2.24, 2.45) is 0 Å². The van der Waals surface area contributed by atoms with Gasteiger partial charge in [0.1, 0.15) is 5.75 Å². The maximum atomic E-state index is 6.01. The summed E-state index contributed by atoms with van der Waals surface area (Å²) in [4.78, 5) is 0. The molecular weight excluding hydrogens is 318 g/mol. The smallest absolute Gasteiger partial charge is 0.121 e. The molecule has 0 aliphatic heterocycles. The van der Waals surface area contributed by atoms with Crippen molar-refractivity contribution >= 4 is 17.3 Å². The van der Waals surface area contributed by atoms with E-state index < -0.39 is 0 Å². The lowest BCUT2D eigenvalue weighted by atomic mass is 10.2. The highest BCUT2D eigenvalue weighted by molar-refractivity contribution is 6.30. The summed E-state index contributed by atoms with van der Waals surface area (Å²) in [6.07, 6.45) is 0.904. The Morgan fingerprint density at radius 3 is 2.42 bits per heavy atom. The molecule has 3 aromatic rings. The average molecular weight is 338 g/mol. The van der Waals surface area contributed by atoms with Crippen LogP contribution in [-0.2, 0) is 13.0 Å². The Morgan fingerprint density at radius 2 is 1.58 bits per heavy atom. The average Bonchev–Trinajstić information content (AvgIpc) is 2.61. The van der Waals surface area contributed by atoms with Crippen LogP contribution in [0.3, 0.4) is 0 Å². The monoisotopic (exact) mass is 337 g/mol. The molecule has 24 heavy (non-hydrogen) atoms. The second kappa shape index (κ2) is 8.42. The molecule has 0 bridgehead atoms. The van der Waals surface area contributed by atoms with Crippen molar-refractivity contribution in [3.8, 4) is 5.75 Å².